The molecule has 0 saturated heterocycles. The maximum atomic E-state index is 2.66. The van der Waals surface area contributed by atoms with Gasteiger partial charge in [0, 0.05) is 21.7 Å². The summed E-state index contributed by atoms with van der Waals surface area (Å²) in [5.74, 6) is 0. The van der Waals surface area contributed by atoms with E-state index in [0.29, 0.717) is 0 Å². The topological polar surface area (TPSA) is 0 Å². The highest BCUT2D eigenvalue weighted by Crippen LogP contribution is 2.61. The van der Waals surface area contributed by atoms with Crippen LogP contribution in [0.3, 0.4) is 0 Å². The summed E-state index contributed by atoms with van der Waals surface area (Å²) in [6.45, 7) is 17.2. The van der Waals surface area contributed by atoms with E-state index in [1.807, 2.05) is 0 Å². The molecule has 0 heterocycles. The number of fused-ring (bicyclic) bond motifs is 26. The van der Waals surface area contributed by atoms with E-state index in [0.717, 1.165) is 19.3 Å². The van der Waals surface area contributed by atoms with E-state index in [9.17, 15) is 0 Å². The molecule has 1 unspecified atom stereocenters. The summed E-state index contributed by atoms with van der Waals surface area (Å²) in [5.41, 5.74) is 33.8. The Labute approximate surface area is 538 Å². The first-order valence-corrected chi connectivity index (χ1v) is 33.5. The van der Waals surface area contributed by atoms with Crippen LogP contribution in [0, 0.1) is 0 Å². The SMILES string of the molecule is CC1(C)c2cc3c(cc2-c2c1ccc1ccccc21)CCc1cc2c(cc1-3)C(C)(Cc1ccc(-c3c(-c4ccccc4)c4cc5c(cc4c4cc6c(cc34)-c3c(ccc4ccccc34)C6(C)C)C(C)(C)c3ccc4ccccc4c3-5)cc1)c1ccc3ccccc3c1-2. The highest BCUT2D eigenvalue weighted by atomic mass is 14.5. The van der Waals surface area contributed by atoms with E-state index in [-0.39, 0.29) is 21.7 Å². The zero-order valence-corrected chi connectivity index (χ0v) is 53.3. The molecule has 0 N–H and O–H groups in total. The molecule has 0 spiro atoms. The molecule has 0 heteroatoms. The van der Waals surface area contributed by atoms with Crippen LogP contribution < -0.4 is 0 Å². The van der Waals surface area contributed by atoms with Crippen LogP contribution in [-0.4, -0.2) is 0 Å². The molecule has 0 amide bonds. The first-order valence-electron chi connectivity index (χ1n) is 33.5. The van der Waals surface area contributed by atoms with Crippen LogP contribution in [0.2, 0.25) is 0 Å². The second-order valence-electron chi connectivity index (χ2n) is 29.5. The fraction of sp³-hybridized carbons (Fsp3) is 0.152. The summed E-state index contributed by atoms with van der Waals surface area (Å²) in [4.78, 5) is 0. The first-order chi connectivity index (χ1) is 44.7. The normalized spacial score (nSPS) is 16.9. The van der Waals surface area contributed by atoms with E-state index < -0.39 is 0 Å². The maximum absolute atomic E-state index is 2.66. The minimum atomic E-state index is -0.309. The molecule has 0 aromatic heterocycles. The average molecular weight is 1170 g/mol. The molecule has 5 aliphatic carbocycles. The van der Waals surface area contributed by atoms with Gasteiger partial charge < -0.3 is 0 Å². The van der Waals surface area contributed by atoms with E-state index in [2.05, 4.69) is 297 Å². The fourth-order valence-electron chi connectivity index (χ4n) is 19.1. The van der Waals surface area contributed by atoms with Crippen LogP contribution in [0.25, 0.3) is 143 Å². The molecular formula is C92H68. The molecule has 15 aromatic carbocycles. The van der Waals surface area contributed by atoms with Crippen molar-refractivity contribution in [3.63, 3.8) is 0 Å². The maximum Gasteiger partial charge on any atom is 0.0227 e. The largest absolute Gasteiger partial charge is 0.0622 e. The Balaban J connectivity index is 0.796. The van der Waals surface area contributed by atoms with Gasteiger partial charge >= 0.3 is 0 Å². The van der Waals surface area contributed by atoms with Gasteiger partial charge in [-0.1, -0.05) is 261 Å². The van der Waals surface area contributed by atoms with Crippen LogP contribution in [-0.2, 0) is 40.9 Å². The summed E-state index contributed by atoms with van der Waals surface area (Å²) >= 11 is 0. The van der Waals surface area contributed by atoms with Crippen molar-refractivity contribution in [1.29, 1.82) is 0 Å². The summed E-state index contributed by atoms with van der Waals surface area (Å²) in [5, 5.41) is 15.8. The van der Waals surface area contributed by atoms with Crippen molar-refractivity contribution in [3.8, 4) is 77.9 Å². The lowest BCUT2D eigenvalue weighted by Gasteiger charge is -2.30. The van der Waals surface area contributed by atoms with Gasteiger partial charge in [-0.15, -0.1) is 0 Å². The van der Waals surface area contributed by atoms with Gasteiger partial charge in [0.05, 0.1) is 0 Å². The molecule has 0 bridgehead atoms. The zero-order valence-electron chi connectivity index (χ0n) is 53.3. The van der Waals surface area contributed by atoms with Crippen LogP contribution in [0.1, 0.15) is 110 Å². The molecule has 1 atom stereocenters. The van der Waals surface area contributed by atoms with Crippen molar-refractivity contribution in [2.75, 3.05) is 0 Å². The Morgan fingerprint density at radius 3 is 1.03 bits per heavy atom. The Hall–Kier alpha value is -10.1. The standard InChI is InChI=1S/C92H68/c1-89(2)75-39-35-53-19-11-15-25-61(53)85(75)71-43-59-33-34-60-44-72-82(48-66(60)65(59)47-79(71)89)92(7,78-42-38-56-22-14-18-28-64(56)88(72)78)51-52-29-31-58(32-30-52)84-70-46-74-81(91(5,6)77-41-37-55-21-13-17-27-63(55)87(74)77)50-68(70)67-49-80-73(45-69(67)83(84)57-23-9-8-10-24-57)86-62-26-16-12-20-54(62)36-40-76(86)90(80,3)4/h8-32,35-50H,33-34,51H2,1-7H3. The number of rotatable bonds is 4. The zero-order chi connectivity index (χ0) is 61.5. The van der Waals surface area contributed by atoms with Gasteiger partial charge in [0.25, 0.3) is 0 Å². The Morgan fingerprint density at radius 2 is 0.587 bits per heavy atom. The van der Waals surface area contributed by atoms with E-state index in [1.54, 1.807) is 0 Å². The second kappa shape index (κ2) is 18.1. The lowest BCUT2D eigenvalue weighted by molar-refractivity contribution is 0.583. The van der Waals surface area contributed by atoms with Crippen molar-refractivity contribution in [3.05, 3.63) is 310 Å². The number of hydrogen-bond acceptors (Lipinski definition) is 0. The Morgan fingerprint density at radius 1 is 0.239 bits per heavy atom. The first kappa shape index (κ1) is 52.6. The monoisotopic (exact) mass is 1170 g/mol. The van der Waals surface area contributed by atoms with Crippen molar-refractivity contribution < 1.29 is 0 Å². The highest BCUT2D eigenvalue weighted by molar-refractivity contribution is 6.25. The number of benzene rings is 15. The van der Waals surface area contributed by atoms with Crippen molar-refractivity contribution in [1.82, 2.24) is 0 Å². The van der Waals surface area contributed by atoms with Crippen LogP contribution in [0.4, 0.5) is 0 Å². The molecule has 0 saturated carbocycles. The van der Waals surface area contributed by atoms with Gasteiger partial charge in [0.15, 0.2) is 0 Å². The second-order valence-corrected chi connectivity index (χ2v) is 29.5. The van der Waals surface area contributed by atoms with Crippen molar-refractivity contribution in [2.24, 2.45) is 0 Å². The number of aryl methyl sites for hydroxylation is 2. The number of hydrogen-bond donors (Lipinski definition) is 0. The van der Waals surface area contributed by atoms with Gasteiger partial charge in [-0.25, -0.2) is 0 Å². The van der Waals surface area contributed by atoms with Gasteiger partial charge in [-0.05, 0) is 259 Å². The van der Waals surface area contributed by atoms with Crippen molar-refractivity contribution >= 4 is 64.6 Å². The van der Waals surface area contributed by atoms with Crippen LogP contribution >= 0.6 is 0 Å². The Kier molecular flexibility index (Phi) is 10.3. The summed E-state index contributed by atoms with van der Waals surface area (Å²) in [6.07, 6.45) is 2.93. The molecule has 92 heavy (non-hydrogen) atoms. The third-order valence-corrected chi connectivity index (χ3v) is 23.7. The molecule has 436 valence electrons. The van der Waals surface area contributed by atoms with Gasteiger partial charge in [-0.3, -0.25) is 0 Å². The molecule has 0 nitrogen and oxygen atoms in total. The molecule has 20 rings (SSSR count). The quantitative estimate of drug-likeness (QED) is 0.154. The van der Waals surface area contributed by atoms with Crippen LogP contribution in [0.5, 0.6) is 0 Å². The minimum Gasteiger partial charge on any atom is -0.0622 e. The van der Waals surface area contributed by atoms with Gasteiger partial charge in [0.2, 0.25) is 0 Å². The Bertz CT molecular complexity index is 5860. The minimum absolute atomic E-state index is 0.120. The summed E-state index contributed by atoms with van der Waals surface area (Å²) in [6, 6.07) is 97.4. The third-order valence-electron chi connectivity index (χ3n) is 23.7. The molecule has 15 aromatic rings. The van der Waals surface area contributed by atoms with Gasteiger partial charge in [0.1, 0.15) is 0 Å². The van der Waals surface area contributed by atoms with E-state index in [4.69, 9.17) is 0 Å². The lowest BCUT2D eigenvalue weighted by atomic mass is 9.73. The van der Waals surface area contributed by atoms with E-state index >= 15 is 0 Å². The molecule has 0 radical (unpaired) electrons. The van der Waals surface area contributed by atoms with Crippen LogP contribution in [0.15, 0.2) is 249 Å². The molecular weight excluding hydrogens is 1110 g/mol. The third kappa shape index (κ3) is 6.82. The van der Waals surface area contributed by atoms with Gasteiger partial charge in [-0.2, -0.15) is 0 Å². The predicted octanol–water partition coefficient (Wildman–Crippen LogP) is 24.2. The highest BCUT2D eigenvalue weighted by Gasteiger charge is 2.44. The predicted molar refractivity (Wildman–Crippen MR) is 390 cm³/mol. The fourth-order valence-corrected chi connectivity index (χ4v) is 19.1. The molecule has 5 aliphatic rings. The van der Waals surface area contributed by atoms with E-state index in [1.165, 1.54) is 204 Å². The summed E-state index contributed by atoms with van der Waals surface area (Å²) < 4.78 is 0. The summed E-state index contributed by atoms with van der Waals surface area (Å²) in [7, 11) is 0. The smallest absolute Gasteiger partial charge is 0.0227 e. The molecule has 0 aliphatic heterocycles. The molecule has 0 fully saturated rings. The van der Waals surface area contributed by atoms with Crippen molar-refractivity contribution in [2.45, 2.75) is 89.4 Å². The lowest BCUT2D eigenvalue weighted by Crippen LogP contribution is -2.24. The average Bonchev–Trinajstić information content (AvgIpc) is 1.48.